The summed E-state index contributed by atoms with van der Waals surface area (Å²) in [5.74, 6) is -1.60. The zero-order valence-electron chi connectivity index (χ0n) is 15.3. The van der Waals surface area contributed by atoms with Gasteiger partial charge in [-0.25, -0.2) is 13.8 Å². The first-order chi connectivity index (χ1) is 13.3. The molecule has 2 aromatic rings. The number of hydrogen-bond donors (Lipinski definition) is 0. The minimum atomic E-state index is -0.914. The van der Waals surface area contributed by atoms with E-state index >= 15 is 0 Å². The van der Waals surface area contributed by atoms with E-state index in [1.807, 2.05) is 24.3 Å². The lowest BCUT2D eigenvalue weighted by molar-refractivity contribution is -0.132. The highest BCUT2D eigenvalue weighted by molar-refractivity contribution is 8.15. The van der Waals surface area contributed by atoms with Crippen molar-refractivity contribution in [1.29, 1.82) is 0 Å². The number of fused-ring (bicyclic) bond motifs is 2. The monoisotopic (exact) mass is 401 g/mol. The van der Waals surface area contributed by atoms with E-state index in [4.69, 9.17) is 0 Å². The Morgan fingerprint density at radius 3 is 2.57 bits per heavy atom. The topological polar surface area (TPSA) is 53.0 Å². The van der Waals surface area contributed by atoms with Crippen molar-refractivity contribution in [3.8, 4) is 0 Å². The van der Waals surface area contributed by atoms with Crippen LogP contribution in [-0.2, 0) is 14.5 Å². The summed E-state index contributed by atoms with van der Waals surface area (Å²) in [4.78, 5) is 25.2. The van der Waals surface area contributed by atoms with Crippen LogP contribution in [-0.4, -0.2) is 28.4 Å². The molecule has 144 valence electrons. The van der Waals surface area contributed by atoms with Crippen LogP contribution in [0.3, 0.4) is 0 Å². The van der Waals surface area contributed by atoms with Crippen molar-refractivity contribution >= 4 is 34.3 Å². The van der Waals surface area contributed by atoms with E-state index in [9.17, 15) is 18.4 Å². The van der Waals surface area contributed by atoms with Crippen LogP contribution in [0.5, 0.6) is 0 Å². The number of thioether (sulfide) groups is 1. The first-order valence-electron chi connectivity index (χ1n) is 8.75. The Hall–Kier alpha value is -2.74. The van der Waals surface area contributed by atoms with Crippen LogP contribution in [0, 0.1) is 11.6 Å². The minimum absolute atomic E-state index is 0.0135. The van der Waals surface area contributed by atoms with E-state index in [-0.39, 0.29) is 22.4 Å². The summed E-state index contributed by atoms with van der Waals surface area (Å²) >= 11 is 1.21. The first kappa shape index (κ1) is 18.6. The van der Waals surface area contributed by atoms with E-state index in [0.29, 0.717) is 18.7 Å². The van der Waals surface area contributed by atoms with Gasteiger partial charge in [0, 0.05) is 37.9 Å². The largest absolute Gasteiger partial charge is 0.312 e. The molecule has 0 aliphatic carbocycles. The maximum atomic E-state index is 14.4. The van der Waals surface area contributed by atoms with E-state index < -0.39 is 16.5 Å². The molecule has 0 radical (unpaired) electrons. The van der Waals surface area contributed by atoms with Gasteiger partial charge in [0.25, 0.3) is 0 Å². The second-order valence-electron chi connectivity index (χ2n) is 6.68. The molecule has 0 aromatic heterocycles. The number of amides is 2. The molecule has 0 saturated heterocycles. The van der Waals surface area contributed by atoms with Crippen LogP contribution in [0.15, 0.2) is 47.6 Å². The molecule has 1 unspecified atom stereocenters. The predicted molar refractivity (Wildman–Crippen MR) is 104 cm³/mol. The number of carbonyl (C=O) groups excluding carboxylic acids is 2. The van der Waals surface area contributed by atoms with Gasteiger partial charge >= 0.3 is 0 Å². The SMILES string of the molecule is CC(=O)N1CCC2(SC(c3cc(F)ccc3F)=NN2C(C)=O)c2ccccc21. The average molecular weight is 401 g/mol. The second-order valence-corrected chi connectivity index (χ2v) is 7.95. The zero-order valence-corrected chi connectivity index (χ0v) is 16.1. The molecule has 1 spiro atoms. The van der Waals surface area contributed by atoms with Gasteiger partial charge in [-0.3, -0.25) is 9.59 Å². The summed E-state index contributed by atoms with van der Waals surface area (Å²) in [6.07, 6.45) is 0.414. The van der Waals surface area contributed by atoms with E-state index in [0.717, 1.165) is 23.8 Å². The molecule has 0 fully saturated rings. The number of halogens is 2. The van der Waals surface area contributed by atoms with Gasteiger partial charge in [0.1, 0.15) is 21.5 Å². The molecule has 2 heterocycles. The molecule has 0 N–H and O–H groups in total. The highest BCUT2D eigenvalue weighted by Crippen LogP contribution is 2.54. The van der Waals surface area contributed by atoms with Crippen molar-refractivity contribution in [3.05, 3.63) is 65.2 Å². The summed E-state index contributed by atoms with van der Waals surface area (Å²) in [6.45, 7) is 3.26. The number of para-hydroxylation sites is 1. The van der Waals surface area contributed by atoms with Crippen molar-refractivity contribution < 1.29 is 18.4 Å². The quantitative estimate of drug-likeness (QED) is 0.730. The number of anilines is 1. The number of hydrogen-bond acceptors (Lipinski definition) is 4. The lowest BCUT2D eigenvalue weighted by atomic mass is 9.94. The van der Waals surface area contributed by atoms with Crippen molar-refractivity contribution in [1.82, 2.24) is 5.01 Å². The molecule has 5 nitrogen and oxygen atoms in total. The lowest BCUT2D eigenvalue weighted by Crippen LogP contribution is -2.48. The van der Waals surface area contributed by atoms with Gasteiger partial charge in [0.15, 0.2) is 0 Å². The lowest BCUT2D eigenvalue weighted by Gasteiger charge is -2.43. The molecule has 2 aromatic carbocycles. The van der Waals surface area contributed by atoms with Crippen LogP contribution in [0.25, 0.3) is 0 Å². The van der Waals surface area contributed by atoms with Crippen molar-refractivity contribution in [2.45, 2.75) is 25.1 Å². The van der Waals surface area contributed by atoms with Gasteiger partial charge in [0.2, 0.25) is 11.8 Å². The molecule has 2 amide bonds. The third-order valence-electron chi connectivity index (χ3n) is 4.93. The molecule has 0 bridgehead atoms. The molecular formula is C20H17F2N3O2S. The smallest absolute Gasteiger partial charge is 0.241 e. The fourth-order valence-corrected chi connectivity index (χ4v) is 5.14. The summed E-state index contributed by atoms with van der Waals surface area (Å²) in [5, 5.41) is 5.92. The Kier molecular flexibility index (Phi) is 4.45. The summed E-state index contributed by atoms with van der Waals surface area (Å²) in [6, 6.07) is 10.5. The standard InChI is InChI=1S/C20H17F2N3O2S/c1-12(26)24-10-9-20(16-5-3-4-6-18(16)24)25(13(2)27)23-19(28-20)15-11-14(21)7-8-17(15)22/h3-8,11H,9-10H2,1-2H3. The molecule has 8 heteroatoms. The van der Waals surface area contributed by atoms with Gasteiger partial charge < -0.3 is 4.90 Å². The van der Waals surface area contributed by atoms with Crippen LogP contribution < -0.4 is 4.90 Å². The van der Waals surface area contributed by atoms with Gasteiger partial charge in [-0.2, -0.15) is 5.10 Å². The summed E-state index contributed by atoms with van der Waals surface area (Å²) in [7, 11) is 0. The Balaban J connectivity index is 1.86. The van der Waals surface area contributed by atoms with E-state index in [2.05, 4.69) is 5.10 Å². The van der Waals surface area contributed by atoms with Crippen molar-refractivity contribution in [2.24, 2.45) is 5.10 Å². The van der Waals surface area contributed by atoms with E-state index in [1.165, 1.54) is 30.6 Å². The van der Waals surface area contributed by atoms with Gasteiger partial charge in [-0.1, -0.05) is 30.0 Å². The molecular weight excluding hydrogens is 384 g/mol. The summed E-state index contributed by atoms with van der Waals surface area (Å²) < 4.78 is 28.1. The average Bonchev–Trinajstić information content (AvgIpc) is 3.04. The maximum Gasteiger partial charge on any atom is 0.241 e. The highest BCUT2D eigenvalue weighted by Gasteiger charge is 2.51. The number of hydrazone groups is 1. The van der Waals surface area contributed by atoms with E-state index in [1.54, 1.807) is 4.90 Å². The summed E-state index contributed by atoms with van der Waals surface area (Å²) in [5.41, 5.74) is 1.45. The van der Waals surface area contributed by atoms with Crippen LogP contribution in [0.2, 0.25) is 0 Å². The van der Waals surface area contributed by atoms with Crippen molar-refractivity contribution in [3.63, 3.8) is 0 Å². The Bertz CT molecular complexity index is 1030. The molecule has 1 atom stereocenters. The van der Waals surface area contributed by atoms with Gasteiger partial charge in [-0.15, -0.1) is 0 Å². The number of rotatable bonds is 1. The zero-order chi connectivity index (χ0) is 20.1. The highest BCUT2D eigenvalue weighted by atomic mass is 32.2. The third-order valence-corrected chi connectivity index (χ3v) is 6.36. The fraction of sp³-hybridized carbons (Fsp3) is 0.250. The molecule has 2 aliphatic rings. The molecule has 4 rings (SSSR count). The van der Waals surface area contributed by atoms with Crippen LogP contribution >= 0.6 is 11.8 Å². The molecule has 0 saturated carbocycles. The minimum Gasteiger partial charge on any atom is -0.312 e. The predicted octanol–water partition coefficient (Wildman–Crippen LogP) is 3.83. The Morgan fingerprint density at radius 2 is 1.86 bits per heavy atom. The number of carbonyl (C=O) groups is 2. The Labute approximate surface area is 165 Å². The van der Waals surface area contributed by atoms with Gasteiger partial charge in [-0.05, 0) is 24.3 Å². The van der Waals surface area contributed by atoms with Gasteiger partial charge in [0.05, 0.1) is 5.69 Å². The van der Waals surface area contributed by atoms with Crippen molar-refractivity contribution in [2.75, 3.05) is 11.4 Å². The van der Waals surface area contributed by atoms with Crippen LogP contribution in [0.4, 0.5) is 14.5 Å². The maximum absolute atomic E-state index is 14.4. The number of nitrogens with zero attached hydrogens (tertiary/aromatic N) is 3. The molecule has 28 heavy (non-hydrogen) atoms. The first-order valence-corrected chi connectivity index (χ1v) is 9.56. The Morgan fingerprint density at radius 1 is 1.11 bits per heavy atom. The van der Waals surface area contributed by atoms with Crippen LogP contribution in [0.1, 0.15) is 31.4 Å². The third kappa shape index (κ3) is 2.79. The fourth-order valence-electron chi connectivity index (χ4n) is 3.70. The number of benzene rings is 2. The second kappa shape index (κ2) is 6.70. The molecule has 2 aliphatic heterocycles. The normalized spacial score (nSPS) is 20.9.